The Kier molecular flexibility index (Phi) is 7.40. The number of hydrogen-bond donors (Lipinski definition) is 0. The molecule has 2 saturated heterocycles. The summed E-state index contributed by atoms with van der Waals surface area (Å²) in [5.41, 5.74) is 1.57. The molecule has 3 aromatic rings. The summed E-state index contributed by atoms with van der Waals surface area (Å²) in [6.45, 7) is 1.68. The third kappa shape index (κ3) is 6.06. The minimum Gasteiger partial charge on any atom is -0.484 e. The van der Waals surface area contributed by atoms with E-state index < -0.39 is 21.8 Å². The smallest absolute Gasteiger partial charge is 0.285 e. The van der Waals surface area contributed by atoms with Crippen molar-refractivity contribution in [3.05, 3.63) is 82.3 Å². The van der Waals surface area contributed by atoms with Crippen LogP contribution in [0.2, 0.25) is 10.0 Å². The average Bonchev–Trinajstić information content (AvgIpc) is 3.30. The summed E-state index contributed by atoms with van der Waals surface area (Å²) in [6.07, 6.45) is 0. The zero-order valence-electron chi connectivity index (χ0n) is 19.6. The molecule has 0 bridgehead atoms. The number of halogens is 2. The summed E-state index contributed by atoms with van der Waals surface area (Å²) in [7, 11) is -3.25. The second-order valence-corrected chi connectivity index (χ2v) is 13.0. The Labute approximate surface area is 229 Å². The van der Waals surface area contributed by atoms with Crippen molar-refractivity contribution in [3.63, 3.8) is 0 Å². The van der Waals surface area contributed by atoms with Gasteiger partial charge in [-0.2, -0.15) is 4.99 Å². The summed E-state index contributed by atoms with van der Waals surface area (Å²) in [5.74, 6) is 1.02. The molecule has 2 heterocycles. The van der Waals surface area contributed by atoms with Gasteiger partial charge in [-0.3, -0.25) is 4.79 Å². The van der Waals surface area contributed by atoms with Crippen LogP contribution >= 0.6 is 35.0 Å². The van der Waals surface area contributed by atoms with Gasteiger partial charge in [0.15, 0.2) is 27.4 Å². The fourth-order valence-electron chi connectivity index (χ4n) is 4.23. The van der Waals surface area contributed by atoms with E-state index in [0.717, 1.165) is 5.56 Å². The molecular formula is C26H22Cl2N2O5S2. The van der Waals surface area contributed by atoms with E-state index in [1.54, 1.807) is 47.4 Å². The van der Waals surface area contributed by atoms with Crippen LogP contribution in [-0.2, 0) is 14.6 Å². The van der Waals surface area contributed by atoms with Crippen molar-refractivity contribution >= 4 is 61.6 Å². The number of thioether (sulfide) groups is 1. The van der Waals surface area contributed by atoms with Crippen molar-refractivity contribution in [3.8, 4) is 17.2 Å². The van der Waals surface area contributed by atoms with Gasteiger partial charge in [-0.15, -0.1) is 0 Å². The molecule has 1 amide bonds. The van der Waals surface area contributed by atoms with Crippen LogP contribution in [0.25, 0.3) is 0 Å². The van der Waals surface area contributed by atoms with Crippen molar-refractivity contribution in [2.24, 2.45) is 4.99 Å². The number of amidine groups is 1. The molecule has 192 valence electrons. The first-order valence-electron chi connectivity index (χ1n) is 11.4. The normalized spacial score (nSPS) is 21.2. The van der Waals surface area contributed by atoms with Crippen molar-refractivity contribution in [1.29, 1.82) is 0 Å². The highest BCUT2D eigenvalue weighted by molar-refractivity contribution is 8.16. The Hall–Kier alpha value is -2.72. The molecule has 0 unspecified atom stereocenters. The predicted molar refractivity (Wildman–Crippen MR) is 148 cm³/mol. The second kappa shape index (κ2) is 10.6. The summed E-state index contributed by atoms with van der Waals surface area (Å²) in [6, 6.07) is 18.9. The van der Waals surface area contributed by atoms with E-state index in [-0.39, 0.29) is 23.4 Å². The monoisotopic (exact) mass is 576 g/mol. The number of fused-ring (bicyclic) bond motifs is 1. The van der Waals surface area contributed by atoms with Crippen molar-refractivity contribution < 1.29 is 22.7 Å². The molecule has 3 aromatic carbocycles. The first-order chi connectivity index (χ1) is 17.7. The van der Waals surface area contributed by atoms with E-state index in [1.807, 2.05) is 31.2 Å². The Morgan fingerprint density at radius 3 is 2.54 bits per heavy atom. The maximum Gasteiger partial charge on any atom is 0.285 e. The number of carbonyl (C=O) groups is 1. The lowest BCUT2D eigenvalue weighted by Crippen LogP contribution is -2.38. The molecule has 0 radical (unpaired) electrons. The number of nitrogens with zero attached hydrogens (tertiary/aromatic N) is 2. The van der Waals surface area contributed by atoms with Crippen molar-refractivity contribution in [1.82, 2.24) is 0 Å². The lowest BCUT2D eigenvalue weighted by molar-refractivity contribution is -0.119. The van der Waals surface area contributed by atoms with Gasteiger partial charge in [0.25, 0.3) is 5.91 Å². The van der Waals surface area contributed by atoms with Crippen molar-refractivity contribution in [2.45, 2.75) is 18.2 Å². The number of ether oxygens (including phenoxy) is 2. The molecule has 11 heteroatoms. The van der Waals surface area contributed by atoms with Crippen LogP contribution in [0, 0.1) is 6.92 Å². The molecular weight excluding hydrogens is 555 g/mol. The summed E-state index contributed by atoms with van der Waals surface area (Å²) in [4.78, 5) is 18.9. The summed E-state index contributed by atoms with van der Waals surface area (Å²) in [5, 5.41) is 1.10. The first-order valence-corrected chi connectivity index (χ1v) is 14.8. The molecule has 2 fully saturated rings. The van der Waals surface area contributed by atoms with Crippen LogP contribution in [0.5, 0.6) is 17.2 Å². The molecule has 0 saturated carbocycles. The Bertz CT molecular complexity index is 1480. The topological polar surface area (TPSA) is 85.3 Å². The van der Waals surface area contributed by atoms with Gasteiger partial charge in [-0.05, 0) is 67.1 Å². The van der Waals surface area contributed by atoms with E-state index in [2.05, 4.69) is 4.99 Å². The molecule has 0 spiro atoms. The van der Waals surface area contributed by atoms with Crippen LogP contribution in [-0.4, -0.2) is 48.9 Å². The fraction of sp³-hybridized carbons (Fsp3) is 0.231. The number of aryl methyl sites for hydroxylation is 1. The minimum atomic E-state index is -3.25. The van der Waals surface area contributed by atoms with E-state index >= 15 is 0 Å². The zero-order valence-corrected chi connectivity index (χ0v) is 22.8. The van der Waals surface area contributed by atoms with Crippen LogP contribution in [0.1, 0.15) is 5.56 Å². The van der Waals surface area contributed by atoms with Crippen molar-refractivity contribution in [2.75, 3.05) is 23.0 Å². The van der Waals surface area contributed by atoms with Crippen LogP contribution in [0.4, 0.5) is 5.69 Å². The maximum atomic E-state index is 12.8. The highest BCUT2D eigenvalue weighted by Gasteiger charge is 2.50. The highest BCUT2D eigenvalue weighted by atomic mass is 35.5. The van der Waals surface area contributed by atoms with Crippen LogP contribution < -0.4 is 14.4 Å². The van der Waals surface area contributed by atoms with Gasteiger partial charge in [-0.25, -0.2) is 8.42 Å². The van der Waals surface area contributed by atoms with E-state index in [0.29, 0.717) is 38.1 Å². The zero-order chi connectivity index (χ0) is 26.2. The standard InChI is InChI=1S/C26H22Cl2N2O5S2/c1-16-3-2-4-20(11-16)35-23-10-7-18(28)12-21(23)30-22-14-37(32,33)15-24(22)36-26(30)29-25(31)13-34-19-8-5-17(27)6-9-19/h2-12,22,24H,13-15H2,1H3/t22-,24-/m1/s1. The molecule has 5 rings (SSSR count). The summed E-state index contributed by atoms with van der Waals surface area (Å²) < 4.78 is 36.7. The molecule has 2 atom stereocenters. The molecule has 2 aliphatic heterocycles. The molecule has 7 nitrogen and oxygen atoms in total. The Morgan fingerprint density at radius 2 is 1.78 bits per heavy atom. The quantitative estimate of drug-likeness (QED) is 0.368. The molecule has 2 aliphatic rings. The third-order valence-corrected chi connectivity index (χ3v) is 9.56. The van der Waals surface area contributed by atoms with Gasteiger partial charge in [0.1, 0.15) is 11.5 Å². The lowest BCUT2D eigenvalue weighted by atomic mass is 10.2. The SMILES string of the molecule is Cc1cccc(Oc2ccc(Cl)cc2N2C(=NC(=O)COc3ccc(Cl)cc3)S[C@@H]3CS(=O)(=O)C[C@H]32)c1. The molecule has 0 aromatic heterocycles. The number of anilines is 1. The number of aliphatic imine (C=N–C) groups is 1. The summed E-state index contributed by atoms with van der Waals surface area (Å²) >= 11 is 13.5. The fourth-order valence-corrected chi connectivity index (χ4v) is 8.45. The second-order valence-electron chi connectivity index (χ2n) is 8.73. The van der Waals surface area contributed by atoms with Crippen LogP contribution in [0.15, 0.2) is 71.7 Å². The van der Waals surface area contributed by atoms with Gasteiger partial charge in [-0.1, -0.05) is 47.1 Å². The molecule has 0 aliphatic carbocycles. The number of rotatable bonds is 6. The van der Waals surface area contributed by atoms with Gasteiger partial charge in [0, 0.05) is 15.3 Å². The van der Waals surface area contributed by atoms with Gasteiger partial charge < -0.3 is 14.4 Å². The first kappa shape index (κ1) is 25.9. The molecule has 37 heavy (non-hydrogen) atoms. The van der Waals surface area contributed by atoms with Crippen LogP contribution in [0.3, 0.4) is 0 Å². The number of benzene rings is 3. The third-order valence-electron chi connectivity index (χ3n) is 5.86. The highest BCUT2D eigenvalue weighted by Crippen LogP contribution is 2.45. The number of amides is 1. The van der Waals surface area contributed by atoms with E-state index in [1.165, 1.54) is 11.8 Å². The largest absolute Gasteiger partial charge is 0.484 e. The number of hydrogen-bond acceptors (Lipinski definition) is 6. The van der Waals surface area contributed by atoms with Gasteiger partial charge in [0.05, 0.1) is 23.2 Å². The average molecular weight is 578 g/mol. The van der Waals surface area contributed by atoms with E-state index in [9.17, 15) is 13.2 Å². The number of sulfone groups is 1. The minimum absolute atomic E-state index is 0.00194. The Morgan fingerprint density at radius 1 is 1.03 bits per heavy atom. The molecule has 0 N–H and O–H groups in total. The Balaban J connectivity index is 1.47. The maximum absolute atomic E-state index is 12.8. The van der Waals surface area contributed by atoms with E-state index in [4.69, 9.17) is 32.7 Å². The predicted octanol–water partition coefficient (Wildman–Crippen LogP) is 5.77. The van der Waals surface area contributed by atoms with Gasteiger partial charge in [0.2, 0.25) is 0 Å². The van der Waals surface area contributed by atoms with Gasteiger partial charge >= 0.3 is 0 Å². The number of carbonyl (C=O) groups excluding carboxylic acids is 1. The lowest BCUT2D eigenvalue weighted by Gasteiger charge is -2.27.